The van der Waals surface area contributed by atoms with Crippen LogP contribution in [0, 0.1) is 5.92 Å². The first-order valence-corrected chi connectivity index (χ1v) is 7.43. The van der Waals surface area contributed by atoms with Gasteiger partial charge in [0.15, 0.2) is 0 Å². The second kappa shape index (κ2) is 5.48. The summed E-state index contributed by atoms with van der Waals surface area (Å²) in [6, 6.07) is 8.13. The van der Waals surface area contributed by atoms with Crippen molar-refractivity contribution in [3.63, 3.8) is 0 Å². The number of ether oxygens (including phenoxy) is 1. The molecule has 2 aromatic rings. The van der Waals surface area contributed by atoms with Crippen molar-refractivity contribution in [2.45, 2.75) is 37.8 Å². The third-order valence-corrected chi connectivity index (χ3v) is 4.68. The van der Waals surface area contributed by atoms with Crippen LogP contribution < -0.4 is 5.73 Å². The van der Waals surface area contributed by atoms with Crippen LogP contribution in [0.4, 0.5) is 0 Å². The molecule has 0 spiro atoms. The molecule has 5 nitrogen and oxygen atoms in total. The molecular formula is C16H21N3O2. The SMILES string of the molecule is COC(=O)C1(N)CCCC1CCn1ncc2ccccc21. The zero-order chi connectivity index (χ0) is 14.9. The second-order valence-electron chi connectivity index (χ2n) is 5.84. The maximum absolute atomic E-state index is 12.0. The molecule has 0 aliphatic heterocycles. The number of fused-ring (bicyclic) bond motifs is 1. The van der Waals surface area contributed by atoms with Crippen molar-refractivity contribution in [1.82, 2.24) is 9.78 Å². The first kappa shape index (κ1) is 14.1. The Morgan fingerprint density at radius 1 is 1.52 bits per heavy atom. The van der Waals surface area contributed by atoms with Gasteiger partial charge in [-0.05, 0) is 31.2 Å². The Morgan fingerprint density at radius 2 is 2.33 bits per heavy atom. The van der Waals surface area contributed by atoms with Gasteiger partial charge < -0.3 is 10.5 Å². The van der Waals surface area contributed by atoms with E-state index in [1.165, 1.54) is 7.11 Å². The van der Waals surface area contributed by atoms with E-state index in [9.17, 15) is 4.79 Å². The number of carbonyl (C=O) groups excluding carboxylic acids is 1. The smallest absolute Gasteiger partial charge is 0.326 e. The molecule has 1 aliphatic carbocycles. The number of carbonyl (C=O) groups is 1. The van der Waals surface area contributed by atoms with Gasteiger partial charge in [-0.1, -0.05) is 24.6 Å². The van der Waals surface area contributed by atoms with Gasteiger partial charge in [0.2, 0.25) is 0 Å². The molecule has 1 aliphatic rings. The minimum atomic E-state index is -0.822. The molecule has 1 heterocycles. The van der Waals surface area contributed by atoms with Crippen molar-refractivity contribution in [2.24, 2.45) is 11.7 Å². The summed E-state index contributed by atoms with van der Waals surface area (Å²) in [5.41, 5.74) is 6.61. The van der Waals surface area contributed by atoms with E-state index in [0.29, 0.717) is 6.42 Å². The topological polar surface area (TPSA) is 70.1 Å². The van der Waals surface area contributed by atoms with Gasteiger partial charge in [-0.3, -0.25) is 9.48 Å². The Kier molecular flexibility index (Phi) is 3.68. The lowest BCUT2D eigenvalue weighted by atomic mass is 9.85. The molecule has 0 radical (unpaired) electrons. The molecule has 0 bridgehead atoms. The molecule has 0 saturated heterocycles. The summed E-state index contributed by atoms with van der Waals surface area (Å²) in [7, 11) is 1.41. The molecule has 3 rings (SSSR count). The summed E-state index contributed by atoms with van der Waals surface area (Å²) in [4.78, 5) is 12.0. The lowest BCUT2D eigenvalue weighted by molar-refractivity contribution is -0.148. The van der Waals surface area contributed by atoms with Crippen LogP contribution in [-0.4, -0.2) is 28.4 Å². The quantitative estimate of drug-likeness (QED) is 0.874. The van der Waals surface area contributed by atoms with Crippen LogP contribution >= 0.6 is 0 Å². The summed E-state index contributed by atoms with van der Waals surface area (Å²) < 4.78 is 6.88. The largest absolute Gasteiger partial charge is 0.468 e. The van der Waals surface area contributed by atoms with E-state index >= 15 is 0 Å². The van der Waals surface area contributed by atoms with Gasteiger partial charge in [-0.15, -0.1) is 0 Å². The summed E-state index contributed by atoms with van der Waals surface area (Å²) in [5.74, 6) is -0.122. The zero-order valence-electron chi connectivity index (χ0n) is 12.3. The minimum absolute atomic E-state index is 0.160. The van der Waals surface area contributed by atoms with Crippen molar-refractivity contribution < 1.29 is 9.53 Å². The predicted octanol–water partition coefficient (Wildman–Crippen LogP) is 2.10. The zero-order valence-corrected chi connectivity index (χ0v) is 12.3. The first-order chi connectivity index (χ1) is 10.1. The molecule has 1 aromatic heterocycles. The van der Waals surface area contributed by atoms with Gasteiger partial charge in [0.1, 0.15) is 5.54 Å². The van der Waals surface area contributed by atoms with E-state index in [1.54, 1.807) is 0 Å². The third-order valence-electron chi connectivity index (χ3n) is 4.68. The van der Waals surface area contributed by atoms with Gasteiger partial charge >= 0.3 is 5.97 Å². The number of esters is 1. The van der Waals surface area contributed by atoms with Crippen molar-refractivity contribution in [3.05, 3.63) is 30.5 Å². The second-order valence-corrected chi connectivity index (χ2v) is 5.84. The number of para-hydroxylation sites is 1. The molecule has 5 heteroatoms. The standard InChI is InChI=1S/C16H21N3O2/c1-21-15(20)16(17)9-4-6-13(16)8-10-19-14-7-3-2-5-12(14)11-18-19/h2-3,5,7,11,13H,4,6,8-10,17H2,1H3. The Morgan fingerprint density at radius 3 is 3.14 bits per heavy atom. The van der Waals surface area contributed by atoms with Crippen LogP contribution in [0.25, 0.3) is 10.9 Å². The highest BCUT2D eigenvalue weighted by Crippen LogP contribution is 2.37. The number of methoxy groups -OCH3 is 1. The van der Waals surface area contributed by atoms with Gasteiger partial charge in [0, 0.05) is 11.9 Å². The maximum atomic E-state index is 12.0. The Balaban J connectivity index is 1.74. The first-order valence-electron chi connectivity index (χ1n) is 7.43. The lowest BCUT2D eigenvalue weighted by Crippen LogP contribution is -2.51. The third kappa shape index (κ3) is 2.42. The van der Waals surface area contributed by atoms with Crippen LogP contribution in [0.1, 0.15) is 25.7 Å². The normalized spacial score (nSPS) is 25.3. The van der Waals surface area contributed by atoms with E-state index < -0.39 is 5.54 Å². The molecular weight excluding hydrogens is 266 g/mol. The summed E-state index contributed by atoms with van der Waals surface area (Å²) in [6.45, 7) is 0.772. The van der Waals surface area contributed by atoms with E-state index in [4.69, 9.17) is 10.5 Å². The number of aryl methyl sites for hydroxylation is 1. The minimum Gasteiger partial charge on any atom is -0.468 e. The molecule has 0 amide bonds. The molecule has 21 heavy (non-hydrogen) atoms. The number of rotatable bonds is 4. The van der Waals surface area contributed by atoms with Crippen LogP contribution in [0.2, 0.25) is 0 Å². The highest BCUT2D eigenvalue weighted by Gasteiger charge is 2.46. The fourth-order valence-electron chi connectivity index (χ4n) is 3.45. The average Bonchev–Trinajstić information content (AvgIpc) is 3.09. The number of nitrogens with two attached hydrogens (primary N) is 1. The van der Waals surface area contributed by atoms with E-state index in [2.05, 4.69) is 17.2 Å². The fraction of sp³-hybridized carbons (Fsp3) is 0.500. The highest BCUT2D eigenvalue weighted by molar-refractivity contribution is 5.81. The molecule has 1 saturated carbocycles. The van der Waals surface area contributed by atoms with Crippen molar-refractivity contribution in [3.8, 4) is 0 Å². The van der Waals surface area contributed by atoms with Gasteiger partial charge in [0.25, 0.3) is 0 Å². The number of hydrogen-bond acceptors (Lipinski definition) is 4. The highest BCUT2D eigenvalue weighted by atomic mass is 16.5. The van der Waals surface area contributed by atoms with Crippen LogP contribution in [0.3, 0.4) is 0 Å². The van der Waals surface area contributed by atoms with Gasteiger partial charge in [0.05, 0.1) is 18.8 Å². The van der Waals surface area contributed by atoms with Gasteiger partial charge in [-0.25, -0.2) is 0 Å². The molecule has 112 valence electrons. The fourth-order valence-corrected chi connectivity index (χ4v) is 3.45. The number of nitrogens with zero attached hydrogens (tertiary/aromatic N) is 2. The summed E-state index contributed by atoms with van der Waals surface area (Å²) in [6.07, 6.45) is 5.39. The number of benzene rings is 1. The maximum Gasteiger partial charge on any atom is 0.326 e. The molecule has 1 fully saturated rings. The molecule has 2 unspecified atom stereocenters. The van der Waals surface area contributed by atoms with Crippen molar-refractivity contribution >= 4 is 16.9 Å². The van der Waals surface area contributed by atoms with E-state index in [1.807, 2.05) is 23.0 Å². The Hall–Kier alpha value is -1.88. The number of aromatic nitrogens is 2. The Labute approximate surface area is 124 Å². The van der Waals surface area contributed by atoms with Gasteiger partial charge in [-0.2, -0.15) is 5.10 Å². The number of hydrogen-bond donors (Lipinski definition) is 1. The molecule has 2 N–H and O–H groups in total. The summed E-state index contributed by atoms with van der Waals surface area (Å²) in [5, 5.41) is 5.56. The predicted molar refractivity (Wildman–Crippen MR) is 80.6 cm³/mol. The Bertz CT molecular complexity index is 652. The molecule has 2 atom stereocenters. The summed E-state index contributed by atoms with van der Waals surface area (Å²) >= 11 is 0. The van der Waals surface area contributed by atoms with E-state index in [0.717, 1.165) is 36.7 Å². The average molecular weight is 287 g/mol. The van der Waals surface area contributed by atoms with Crippen LogP contribution in [0.5, 0.6) is 0 Å². The van der Waals surface area contributed by atoms with E-state index in [-0.39, 0.29) is 11.9 Å². The molecule has 1 aromatic carbocycles. The van der Waals surface area contributed by atoms with Crippen molar-refractivity contribution in [2.75, 3.05) is 7.11 Å². The lowest BCUT2D eigenvalue weighted by Gasteiger charge is -2.28. The monoisotopic (exact) mass is 287 g/mol. The van der Waals surface area contributed by atoms with Crippen molar-refractivity contribution in [1.29, 1.82) is 0 Å². The van der Waals surface area contributed by atoms with Crippen LogP contribution in [-0.2, 0) is 16.1 Å². The van der Waals surface area contributed by atoms with Crippen LogP contribution in [0.15, 0.2) is 30.5 Å².